The molecule has 0 fully saturated rings. The first-order chi connectivity index (χ1) is 10.2. The average Bonchev–Trinajstić information content (AvgIpc) is 2.86. The predicted octanol–water partition coefficient (Wildman–Crippen LogP) is 1.93. The number of nitrogens with one attached hydrogen (secondary N) is 2. The third-order valence-electron chi connectivity index (χ3n) is 3.33. The van der Waals surface area contributed by atoms with E-state index >= 15 is 0 Å². The molecular weight excluding hydrogens is 264 g/mol. The van der Waals surface area contributed by atoms with E-state index in [0.717, 1.165) is 30.5 Å². The maximum Gasteiger partial charge on any atom is 0.221 e. The zero-order valence-electron chi connectivity index (χ0n) is 12.8. The minimum Gasteiger partial charge on any atom is -0.356 e. The molecule has 0 spiro atoms. The van der Waals surface area contributed by atoms with Gasteiger partial charge < -0.3 is 15.2 Å². The van der Waals surface area contributed by atoms with Crippen molar-refractivity contribution < 1.29 is 4.79 Å². The number of aryl methyl sites for hydroxylation is 1. The first-order valence-corrected chi connectivity index (χ1v) is 7.57. The monoisotopic (exact) mass is 288 g/mol. The second-order valence-electron chi connectivity index (χ2n) is 5.49. The van der Waals surface area contributed by atoms with Crippen LogP contribution < -0.4 is 10.6 Å². The third kappa shape index (κ3) is 4.86. The molecule has 1 heterocycles. The Balaban J connectivity index is 1.67. The summed E-state index contributed by atoms with van der Waals surface area (Å²) in [5.74, 6) is 0.110. The van der Waals surface area contributed by atoms with Crippen LogP contribution in [0.4, 0.5) is 0 Å². The van der Waals surface area contributed by atoms with Gasteiger partial charge in [0.25, 0.3) is 0 Å². The van der Waals surface area contributed by atoms with Gasteiger partial charge >= 0.3 is 0 Å². The Morgan fingerprint density at radius 3 is 2.90 bits per heavy atom. The number of carbonyl (C=O) groups is 1. The predicted molar refractivity (Wildman–Crippen MR) is 85.1 cm³/mol. The Morgan fingerprint density at radius 1 is 1.29 bits per heavy atom. The van der Waals surface area contributed by atoms with E-state index in [-0.39, 0.29) is 5.91 Å². The number of benzene rings is 1. The molecular formula is C16H24N4O. The van der Waals surface area contributed by atoms with Crippen molar-refractivity contribution in [3.8, 4) is 0 Å². The van der Waals surface area contributed by atoms with Crippen LogP contribution in [0.25, 0.3) is 11.0 Å². The Morgan fingerprint density at radius 2 is 2.10 bits per heavy atom. The molecule has 1 amide bonds. The molecule has 0 aliphatic rings. The molecule has 2 aromatic rings. The van der Waals surface area contributed by atoms with Crippen molar-refractivity contribution in [2.45, 2.75) is 39.3 Å². The number of hydrogen-bond donors (Lipinski definition) is 2. The summed E-state index contributed by atoms with van der Waals surface area (Å²) in [6.45, 7) is 6.45. The van der Waals surface area contributed by atoms with Gasteiger partial charge in [-0.2, -0.15) is 0 Å². The number of carbonyl (C=O) groups excluding carboxylic acids is 1. The molecule has 0 saturated carbocycles. The minimum atomic E-state index is 0.110. The van der Waals surface area contributed by atoms with Crippen molar-refractivity contribution in [1.82, 2.24) is 20.2 Å². The smallest absolute Gasteiger partial charge is 0.221 e. The van der Waals surface area contributed by atoms with Gasteiger partial charge in [0.15, 0.2) is 0 Å². The van der Waals surface area contributed by atoms with Crippen molar-refractivity contribution in [2.75, 3.05) is 13.1 Å². The lowest BCUT2D eigenvalue weighted by atomic mass is 10.3. The number of aromatic nitrogens is 2. The summed E-state index contributed by atoms with van der Waals surface area (Å²) in [5, 5.41) is 6.19. The largest absolute Gasteiger partial charge is 0.356 e. The second kappa shape index (κ2) is 7.78. The zero-order chi connectivity index (χ0) is 15.1. The molecule has 2 rings (SSSR count). The van der Waals surface area contributed by atoms with Crippen LogP contribution in [0.15, 0.2) is 30.6 Å². The van der Waals surface area contributed by atoms with Crippen LogP contribution in [0.2, 0.25) is 0 Å². The number of hydrogen-bond acceptors (Lipinski definition) is 3. The Kier molecular flexibility index (Phi) is 5.75. The molecule has 0 radical (unpaired) electrons. The topological polar surface area (TPSA) is 59.0 Å². The lowest BCUT2D eigenvalue weighted by Crippen LogP contribution is -2.31. The van der Waals surface area contributed by atoms with Crippen LogP contribution in [-0.2, 0) is 11.3 Å². The van der Waals surface area contributed by atoms with Gasteiger partial charge in [0.2, 0.25) is 5.91 Å². The molecule has 5 nitrogen and oxygen atoms in total. The lowest BCUT2D eigenvalue weighted by molar-refractivity contribution is -0.121. The van der Waals surface area contributed by atoms with Crippen LogP contribution in [0.5, 0.6) is 0 Å². The third-order valence-corrected chi connectivity index (χ3v) is 3.33. The highest BCUT2D eigenvalue weighted by molar-refractivity contribution is 5.76. The molecule has 1 aromatic carbocycles. The van der Waals surface area contributed by atoms with E-state index in [0.29, 0.717) is 19.0 Å². The lowest BCUT2D eigenvalue weighted by Gasteiger charge is -2.09. The molecule has 0 aliphatic carbocycles. The molecule has 0 bridgehead atoms. The molecule has 5 heteroatoms. The van der Waals surface area contributed by atoms with Crippen molar-refractivity contribution in [2.24, 2.45) is 0 Å². The average molecular weight is 288 g/mol. The zero-order valence-corrected chi connectivity index (χ0v) is 12.8. The first kappa shape index (κ1) is 15.5. The summed E-state index contributed by atoms with van der Waals surface area (Å²) in [6.07, 6.45) is 3.30. The number of nitrogens with zero attached hydrogens (tertiary/aromatic N) is 2. The van der Waals surface area contributed by atoms with Gasteiger partial charge in [-0.1, -0.05) is 26.0 Å². The van der Waals surface area contributed by atoms with Crippen molar-refractivity contribution in [3.05, 3.63) is 30.6 Å². The molecule has 1 aromatic heterocycles. The fraction of sp³-hybridized carbons (Fsp3) is 0.500. The standard InChI is InChI=1S/C16H24N4O/c1-13(2)17-10-8-16(21)18-9-5-11-20-12-19-14-6-3-4-7-15(14)20/h3-4,6-7,12-13,17H,5,8-11H2,1-2H3,(H,18,21). The molecule has 0 aliphatic heterocycles. The minimum absolute atomic E-state index is 0.110. The Labute approximate surface area is 125 Å². The van der Waals surface area contributed by atoms with Crippen LogP contribution in [-0.4, -0.2) is 34.6 Å². The number of rotatable bonds is 8. The highest BCUT2D eigenvalue weighted by atomic mass is 16.1. The molecule has 0 saturated heterocycles. The van der Waals surface area contributed by atoms with Crippen LogP contribution >= 0.6 is 0 Å². The summed E-state index contributed by atoms with van der Waals surface area (Å²) >= 11 is 0. The number of fused-ring (bicyclic) bond motifs is 1. The first-order valence-electron chi connectivity index (χ1n) is 7.57. The van der Waals surface area contributed by atoms with Crippen molar-refractivity contribution >= 4 is 16.9 Å². The number of amides is 1. The van der Waals surface area contributed by atoms with Gasteiger partial charge in [-0.3, -0.25) is 4.79 Å². The summed E-state index contributed by atoms with van der Waals surface area (Å²) < 4.78 is 2.13. The summed E-state index contributed by atoms with van der Waals surface area (Å²) in [4.78, 5) is 16.0. The van der Waals surface area contributed by atoms with Crippen LogP contribution in [0.3, 0.4) is 0 Å². The number of imidazole rings is 1. The quantitative estimate of drug-likeness (QED) is 0.730. The highest BCUT2D eigenvalue weighted by Gasteiger charge is 2.03. The van der Waals surface area contributed by atoms with E-state index in [9.17, 15) is 4.79 Å². The fourth-order valence-corrected chi connectivity index (χ4v) is 2.23. The van der Waals surface area contributed by atoms with E-state index in [1.54, 1.807) is 0 Å². The Bertz CT molecular complexity index is 576. The molecule has 114 valence electrons. The van der Waals surface area contributed by atoms with Gasteiger partial charge in [-0.15, -0.1) is 0 Å². The van der Waals surface area contributed by atoms with E-state index in [1.807, 2.05) is 24.5 Å². The van der Waals surface area contributed by atoms with E-state index in [2.05, 4.69) is 40.1 Å². The van der Waals surface area contributed by atoms with Gasteiger partial charge in [0.1, 0.15) is 0 Å². The Hall–Kier alpha value is -1.88. The normalized spacial score (nSPS) is 11.2. The van der Waals surface area contributed by atoms with Gasteiger partial charge in [-0.25, -0.2) is 4.98 Å². The maximum atomic E-state index is 11.6. The maximum absolute atomic E-state index is 11.6. The SMILES string of the molecule is CC(C)NCCC(=O)NCCCn1cnc2ccccc21. The van der Waals surface area contributed by atoms with Gasteiger partial charge in [0, 0.05) is 32.1 Å². The van der Waals surface area contributed by atoms with Crippen LogP contribution in [0, 0.1) is 0 Å². The summed E-state index contributed by atoms with van der Waals surface area (Å²) in [6, 6.07) is 8.51. The van der Waals surface area contributed by atoms with E-state index in [4.69, 9.17) is 0 Å². The van der Waals surface area contributed by atoms with E-state index < -0.39 is 0 Å². The second-order valence-corrected chi connectivity index (χ2v) is 5.49. The number of para-hydroxylation sites is 2. The summed E-state index contributed by atoms with van der Waals surface area (Å²) in [5.41, 5.74) is 2.16. The molecule has 2 N–H and O–H groups in total. The van der Waals surface area contributed by atoms with Gasteiger partial charge in [0.05, 0.1) is 17.4 Å². The van der Waals surface area contributed by atoms with Gasteiger partial charge in [-0.05, 0) is 18.6 Å². The van der Waals surface area contributed by atoms with E-state index in [1.165, 1.54) is 0 Å². The van der Waals surface area contributed by atoms with Crippen molar-refractivity contribution in [3.63, 3.8) is 0 Å². The molecule has 0 unspecified atom stereocenters. The van der Waals surface area contributed by atoms with Crippen molar-refractivity contribution in [1.29, 1.82) is 0 Å². The fourth-order valence-electron chi connectivity index (χ4n) is 2.23. The summed E-state index contributed by atoms with van der Waals surface area (Å²) in [7, 11) is 0. The highest BCUT2D eigenvalue weighted by Crippen LogP contribution is 2.11. The molecule has 21 heavy (non-hydrogen) atoms. The van der Waals surface area contributed by atoms with Crippen LogP contribution in [0.1, 0.15) is 26.7 Å². The molecule has 0 atom stereocenters.